The molecular weight excluding hydrogens is 590 g/mol. The fourth-order valence-corrected chi connectivity index (χ4v) is 6.27. The average Bonchev–Trinajstić information content (AvgIpc) is 3.51. The normalized spacial score (nSPS) is 14.1. The number of benzene rings is 3. The van der Waals surface area contributed by atoms with Gasteiger partial charge in [-0.25, -0.2) is 8.42 Å². The fraction of sp³-hybridized carbons (Fsp3) is 0.375. The van der Waals surface area contributed by atoms with E-state index in [1.54, 1.807) is 36.4 Å². The molecule has 0 heterocycles. The number of halogens is 1. The molecule has 3 aromatic rings. The van der Waals surface area contributed by atoms with Gasteiger partial charge in [0.05, 0.1) is 26.2 Å². The van der Waals surface area contributed by atoms with Gasteiger partial charge in [0.2, 0.25) is 21.8 Å². The lowest BCUT2D eigenvalue weighted by Crippen LogP contribution is -2.54. The van der Waals surface area contributed by atoms with Crippen LogP contribution in [-0.2, 0) is 32.6 Å². The Morgan fingerprint density at radius 3 is 2.23 bits per heavy atom. The molecule has 1 fully saturated rings. The molecular formula is C32H38ClN3O6S. The average molecular weight is 628 g/mol. The highest BCUT2D eigenvalue weighted by Crippen LogP contribution is 2.34. The van der Waals surface area contributed by atoms with Crippen LogP contribution in [0.4, 0.5) is 5.69 Å². The second kappa shape index (κ2) is 14.6. The molecule has 1 aliphatic carbocycles. The molecule has 1 saturated carbocycles. The van der Waals surface area contributed by atoms with Gasteiger partial charge >= 0.3 is 0 Å². The summed E-state index contributed by atoms with van der Waals surface area (Å²) in [5, 5.41) is 3.69. The van der Waals surface area contributed by atoms with E-state index in [-0.39, 0.29) is 36.4 Å². The Kier molecular flexibility index (Phi) is 10.9. The van der Waals surface area contributed by atoms with Crippen LogP contribution in [0, 0.1) is 0 Å². The van der Waals surface area contributed by atoms with E-state index >= 15 is 0 Å². The van der Waals surface area contributed by atoms with E-state index in [4.69, 9.17) is 21.1 Å². The van der Waals surface area contributed by atoms with Crippen molar-refractivity contribution in [3.8, 4) is 11.5 Å². The number of hydrogen-bond donors (Lipinski definition) is 1. The summed E-state index contributed by atoms with van der Waals surface area (Å²) in [6.07, 6.45) is 5.12. The van der Waals surface area contributed by atoms with Gasteiger partial charge < -0.3 is 19.7 Å². The van der Waals surface area contributed by atoms with Crippen molar-refractivity contribution in [2.24, 2.45) is 0 Å². The summed E-state index contributed by atoms with van der Waals surface area (Å²) in [5.41, 5.74) is 1.80. The molecule has 9 nitrogen and oxygen atoms in total. The lowest BCUT2D eigenvalue weighted by atomic mass is 10.0. The van der Waals surface area contributed by atoms with Crippen LogP contribution in [0.1, 0.15) is 36.8 Å². The molecule has 0 saturated heterocycles. The predicted molar refractivity (Wildman–Crippen MR) is 168 cm³/mol. The number of amides is 2. The van der Waals surface area contributed by atoms with Crippen molar-refractivity contribution in [1.29, 1.82) is 0 Å². The van der Waals surface area contributed by atoms with E-state index in [0.29, 0.717) is 10.8 Å². The first-order valence-corrected chi connectivity index (χ1v) is 16.4. The summed E-state index contributed by atoms with van der Waals surface area (Å²) in [6.45, 7) is -0.472. The minimum atomic E-state index is -3.95. The van der Waals surface area contributed by atoms with Crippen LogP contribution in [0.5, 0.6) is 11.5 Å². The van der Waals surface area contributed by atoms with Crippen molar-refractivity contribution in [3.05, 3.63) is 88.9 Å². The molecule has 2 amide bonds. The van der Waals surface area contributed by atoms with Gasteiger partial charge in [0.25, 0.3) is 0 Å². The van der Waals surface area contributed by atoms with Crippen LogP contribution < -0.4 is 19.1 Å². The molecule has 0 bridgehead atoms. The highest BCUT2D eigenvalue weighted by Gasteiger charge is 2.35. The predicted octanol–water partition coefficient (Wildman–Crippen LogP) is 4.82. The first kappa shape index (κ1) is 32.2. The molecule has 3 aromatic carbocycles. The maximum Gasteiger partial charge on any atom is 0.244 e. The number of carbonyl (C=O) groups is 2. The summed E-state index contributed by atoms with van der Waals surface area (Å²) in [5.74, 6) is -0.121. The molecule has 1 atom stereocenters. The number of sulfonamides is 1. The highest BCUT2D eigenvalue weighted by molar-refractivity contribution is 7.92. The lowest BCUT2D eigenvalue weighted by molar-refractivity contribution is -0.140. The molecule has 4 rings (SSSR count). The van der Waals surface area contributed by atoms with Gasteiger partial charge in [-0.3, -0.25) is 13.9 Å². The number of methoxy groups -OCH3 is 2. The standard InChI is InChI=1S/C32H38ClN3O6S/c1-41-27-17-18-28(30(20-27)42-2)36(43(3,39)40)22-31(37)35(21-24-13-15-25(33)16-14-24)29(19-23-9-5-4-6-10-23)32(38)34-26-11-7-8-12-26/h4-6,9-10,13-18,20,26,29H,7-8,11-12,19,21-22H2,1-3H3,(H,34,38)/t29-/m0/s1. The Balaban J connectivity index is 1.74. The lowest BCUT2D eigenvalue weighted by Gasteiger charge is -2.34. The zero-order valence-electron chi connectivity index (χ0n) is 24.7. The maximum absolute atomic E-state index is 14.3. The number of carbonyl (C=O) groups excluding carboxylic acids is 2. The molecule has 43 heavy (non-hydrogen) atoms. The third kappa shape index (κ3) is 8.64. The van der Waals surface area contributed by atoms with E-state index in [2.05, 4.69) is 5.32 Å². The zero-order chi connectivity index (χ0) is 31.0. The first-order valence-electron chi connectivity index (χ1n) is 14.2. The van der Waals surface area contributed by atoms with E-state index < -0.39 is 28.5 Å². The minimum absolute atomic E-state index is 0.0364. The van der Waals surface area contributed by atoms with Gasteiger partial charge in [0.15, 0.2) is 0 Å². The number of anilines is 1. The Bertz CT molecular complexity index is 1500. The Morgan fingerprint density at radius 2 is 1.63 bits per heavy atom. The van der Waals surface area contributed by atoms with E-state index in [1.807, 2.05) is 30.3 Å². The maximum atomic E-state index is 14.3. The minimum Gasteiger partial charge on any atom is -0.497 e. The summed E-state index contributed by atoms with van der Waals surface area (Å²) >= 11 is 6.12. The largest absolute Gasteiger partial charge is 0.497 e. The Hall–Kier alpha value is -3.76. The number of hydrogen-bond acceptors (Lipinski definition) is 6. The third-order valence-corrected chi connectivity index (χ3v) is 8.95. The van der Waals surface area contributed by atoms with E-state index in [9.17, 15) is 18.0 Å². The van der Waals surface area contributed by atoms with Crippen molar-refractivity contribution in [2.45, 2.75) is 50.7 Å². The van der Waals surface area contributed by atoms with Gasteiger partial charge in [0.1, 0.15) is 24.1 Å². The van der Waals surface area contributed by atoms with Crippen LogP contribution in [0.3, 0.4) is 0 Å². The smallest absolute Gasteiger partial charge is 0.244 e. The number of rotatable bonds is 13. The Labute approximate surface area is 258 Å². The molecule has 11 heteroatoms. The first-order chi connectivity index (χ1) is 20.6. The van der Waals surface area contributed by atoms with Gasteiger partial charge in [-0.05, 0) is 48.2 Å². The van der Waals surface area contributed by atoms with E-state index in [0.717, 1.165) is 47.4 Å². The van der Waals surface area contributed by atoms with E-state index in [1.165, 1.54) is 25.2 Å². The molecule has 0 spiro atoms. The quantitative estimate of drug-likeness (QED) is 0.291. The molecule has 230 valence electrons. The van der Waals surface area contributed by atoms with Crippen molar-refractivity contribution in [1.82, 2.24) is 10.2 Å². The topological polar surface area (TPSA) is 105 Å². The SMILES string of the molecule is COc1ccc(N(CC(=O)N(Cc2ccc(Cl)cc2)[C@@H](Cc2ccccc2)C(=O)NC2CCCC2)S(C)(=O)=O)c(OC)c1. The van der Waals surface area contributed by atoms with Crippen molar-refractivity contribution >= 4 is 39.1 Å². The zero-order valence-corrected chi connectivity index (χ0v) is 26.2. The van der Waals surface area contributed by atoms with Crippen molar-refractivity contribution in [2.75, 3.05) is 31.3 Å². The number of nitrogens with zero attached hydrogens (tertiary/aromatic N) is 2. The molecule has 0 radical (unpaired) electrons. The van der Waals surface area contributed by atoms with Gasteiger partial charge in [-0.1, -0.05) is 66.9 Å². The number of ether oxygens (including phenoxy) is 2. The monoisotopic (exact) mass is 627 g/mol. The molecule has 1 N–H and O–H groups in total. The molecule has 0 unspecified atom stereocenters. The van der Waals surface area contributed by atoms with Gasteiger partial charge in [0, 0.05) is 30.1 Å². The van der Waals surface area contributed by atoms with Gasteiger partial charge in [-0.15, -0.1) is 0 Å². The van der Waals surface area contributed by atoms with Crippen LogP contribution in [-0.4, -0.2) is 64.2 Å². The molecule has 1 aliphatic rings. The van der Waals surface area contributed by atoms with Crippen molar-refractivity contribution < 1.29 is 27.5 Å². The summed E-state index contributed by atoms with van der Waals surface area (Å²) in [6, 6.07) is 20.3. The third-order valence-electron chi connectivity index (χ3n) is 7.57. The summed E-state index contributed by atoms with van der Waals surface area (Å²) in [7, 11) is -1.05. The van der Waals surface area contributed by atoms with Crippen LogP contribution in [0.25, 0.3) is 0 Å². The number of nitrogens with one attached hydrogen (secondary N) is 1. The highest BCUT2D eigenvalue weighted by atomic mass is 35.5. The summed E-state index contributed by atoms with van der Waals surface area (Å²) in [4.78, 5) is 29.7. The second-order valence-corrected chi connectivity index (χ2v) is 13.0. The van der Waals surface area contributed by atoms with Crippen LogP contribution >= 0.6 is 11.6 Å². The van der Waals surface area contributed by atoms with Crippen LogP contribution in [0.2, 0.25) is 5.02 Å². The van der Waals surface area contributed by atoms with Crippen LogP contribution in [0.15, 0.2) is 72.8 Å². The Morgan fingerprint density at radius 1 is 0.953 bits per heavy atom. The second-order valence-electron chi connectivity index (χ2n) is 10.7. The van der Waals surface area contributed by atoms with Gasteiger partial charge in [-0.2, -0.15) is 0 Å². The molecule has 0 aliphatic heterocycles. The van der Waals surface area contributed by atoms with Crippen molar-refractivity contribution in [3.63, 3.8) is 0 Å². The molecule has 0 aromatic heterocycles. The summed E-state index contributed by atoms with van der Waals surface area (Å²) < 4.78 is 37.9. The fourth-order valence-electron chi connectivity index (χ4n) is 5.29.